The van der Waals surface area contributed by atoms with Crippen molar-refractivity contribution in [1.82, 2.24) is 0 Å². The fourth-order valence-electron chi connectivity index (χ4n) is 2.73. The highest BCUT2D eigenvalue weighted by Crippen LogP contribution is 2.36. The monoisotopic (exact) mass is 584 g/mol. The molecule has 0 aliphatic heterocycles. The Hall–Kier alpha value is 1.85. The minimum atomic E-state index is 0.962. The van der Waals surface area contributed by atoms with Gasteiger partial charge in [0.05, 0.1) is 0 Å². The van der Waals surface area contributed by atoms with E-state index in [2.05, 4.69) is 68.2 Å². The molecule has 0 unspecified atom stereocenters. The molecule has 174 valence electrons. The van der Waals surface area contributed by atoms with Crippen LogP contribution in [-0.4, -0.2) is 69.0 Å². The van der Waals surface area contributed by atoms with E-state index in [1.807, 2.05) is 70.6 Å². The predicted molar refractivity (Wildman–Crippen MR) is 170 cm³/mol. The van der Waals surface area contributed by atoms with Gasteiger partial charge in [-0.2, -0.15) is 73.2 Å². The average molecular weight is 585 g/mol. The van der Waals surface area contributed by atoms with Crippen LogP contribution in [0.15, 0.2) is 45.0 Å². The van der Waals surface area contributed by atoms with E-state index in [1.54, 1.807) is 0 Å². The molecule has 0 saturated heterocycles. The fourth-order valence-corrected chi connectivity index (χ4v) is 9.41. The summed E-state index contributed by atoms with van der Waals surface area (Å²) in [7, 11) is 0. The molecule has 0 aliphatic carbocycles. The Morgan fingerprint density at radius 1 is 0.516 bits per heavy atom. The van der Waals surface area contributed by atoms with Crippen LogP contribution in [-0.2, 0) is 0 Å². The van der Waals surface area contributed by atoms with Gasteiger partial charge in [-0.15, -0.1) is 35.3 Å². The maximum Gasteiger partial charge on any atom is 0.0162 e. The van der Waals surface area contributed by atoms with Crippen LogP contribution in [0.4, 0.5) is 0 Å². The normalized spacial score (nSPS) is 11.5. The number of hydrogen-bond donors (Lipinski definition) is 3. The summed E-state index contributed by atoms with van der Waals surface area (Å²) in [6.45, 7) is 0. The van der Waals surface area contributed by atoms with Gasteiger partial charge in [0.2, 0.25) is 0 Å². The zero-order valence-corrected chi connectivity index (χ0v) is 25.2. The van der Waals surface area contributed by atoms with Crippen LogP contribution in [0, 0.1) is 0 Å². The number of rotatable bonds is 18. The van der Waals surface area contributed by atoms with Gasteiger partial charge in [0.15, 0.2) is 0 Å². The third kappa shape index (κ3) is 12.4. The molecule has 31 heavy (non-hydrogen) atoms. The molecular formula is C22H32S9. The molecular weight excluding hydrogens is 553 g/mol. The topological polar surface area (TPSA) is 0 Å². The zero-order valence-electron chi connectivity index (χ0n) is 17.7. The summed E-state index contributed by atoms with van der Waals surface area (Å²) in [5.41, 5.74) is 0. The molecule has 0 aliphatic rings. The molecule has 0 amide bonds. The fraction of sp³-hybridized carbons (Fsp3) is 0.545. The van der Waals surface area contributed by atoms with Crippen molar-refractivity contribution in [3.8, 4) is 0 Å². The number of thiol groups is 3. The van der Waals surface area contributed by atoms with Crippen molar-refractivity contribution < 1.29 is 0 Å². The van der Waals surface area contributed by atoms with E-state index >= 15 is 0 Å². The molecule has 2 rings (SSSR count). The number of thioether (sulfide) groups is 6. The first-order chi connectivity index (χ1) is 15.3. The lowest BCUT2D eigenvalue weighted by molar-refractivity contribution is 1.35. The van der Waals surface area contributed by atoms with Gasteiger partial charge in [0.25, 0.3) is 0 Å². The Morgan fingerprint density at radius 3 is 1.61 bits per heavy atom. The number of benzene rings is 2. The molecule has 0 spiro atoms. The standard InChI is InChI=1S/C22H32S9/c23-3-6-26-9-12-29-19-1-2-21-18(15-19)16-20(30-13-10-27-7-4-24)17-22(21)31-14-11-28-8-5-25/h1-2,15-17,23-25H,3-14H2. The van der Waals surface area contributed by atoms with Crippen molar-refractivity contribution in [3.05, 3.63) is 30.3 Å². The van der Waals surface area contributed by atoms with Crippen LogP contribution in [0.2, 0.25) is 0 Å². The van der Waals surface area contributed by atoms with Crippen molar-refractivity contribution in [2.75, 3.05) is 69.0 Å². The molecule has 2 aromatic carbocycles. The highest BCUT2D eigenvalue weighted by Gasteiger charge is 2.08. The zero-order chi connectivity index (χ0) is 22.2. The second-order valence-corrected chi connectivity index (χ2v) is 14.8. The first-order valence-electron chi connectivity index (χ1n) is 10.3. The Morgan fingerprint density at radius 2 is 1.03 bits per heavy atom. The Balaban J connectivity index is 2.06. The summed E-state index contributed by atoms with van der Waals surface area (Å²) in [6, 6.07) is 11.8. The Bertz CT molecular complexity index is 733. The minimum Gasteiger partial charge on any atom is -0.179 e. The van der Waals surface area contributed by atoms with E-state index in [0.717, 1.165) is 51.8 Å². The van der Waals surface area contributed by atoms with Crippen molar-refractivity contribution in [2.45, 2.75) is 14.7 Å². The van der Waals surface area contributed by atoms with Gasteiger partial charge < -0.3 is 0 Å². The van der Waals surface area contributed by atoms with E-state index < -0.39 is 0 Å². The molecule has 0 fully saturated rings. The van der Waals surface area contributed by atoms with Crippen LogP contribution in [0.1, 0.15) is 0 Å². The summed E-state index contributed by atoms with van der Waals surface area (Å²) in [6.07, 6.45) is 0. The highest BCUT2D eigenvalue weighted by molar-refractivity contribution is 8.04. The van der Waals surface area contributed by atoms with Crippen LogP contribution >= 0.6 is 108 Å². The quantitative estimate of drug-likeness (QED) is 0.0913. The Labute approximate surface area is 231 Å². The summed E-state index contributed by atoms with van der Waals surface area (Å²) in [5.74, 6) is 13.3. The number of hydrogen-bond acceptors (Lipinski definition) is 9. The Kier molecular flexibility index (Phi) is 17.9. The average Bonchev–Trinajstić information content (AvgIpc) is 2.78. The smallest absolute Gasteiger partial charge is 0.0162 e. The molecule has 2 aromatic rings. The first-order valence-corrected chi connectivity index (χ1v) is 18.6. The van der Waals surface area contributed by atoms with Gasteiger partial charge in [-0.05, 0) is 52.3 Å². The molecule has 0 saturated carbocycles. The van der Waals surface area contributed by atoms with Crippen LogP contribution < -0.4 is 0 Å². The van der Waals surface area contributed by atoms with Gasteiger partial charge in [-0.25, -0.2) is 0 Å². The third-order valence-electron chi connectivity index (χ3n) is 4.04. The van der Waals surface area contributed by atoms with Crippen molar-refractivity contribution in [2.24, 2.45) is 0 Å². The summed E-state index contributed by atoms with van der Waals surface area (Å²) >= 11 is 24.9. The van der Waals surface area contributed by atoms with E-state index in [-0.39, 0.29) is 0 Å². The van der Waals surface area contributed by atoms with Gasteiger partial charge in [-0.3, -0.25) is 0 Å². The SMILES string of the molecule is SCCSCCSc1ccc2c(SCCSCCS)cc(SCCSCCS)cc2c1. The lowest BCUT2D eigenvalue weighted by Gasteiger charge is -2.12. The second-order valence-electron chi connectivity index (χ2n) is 6.36. The molecule has 9 heteroatoms. The van der Waals surface area contributed by atoms with Crippen molar-refractivity contribution >= 4 is 119 Å². The maximum absolute atomic E-state index is 4.32. The summed E-state index contributed by atoms with van der Waals surface area (Å²) in [4.78, 5) is 4.21. The van der Waals surface area contributed by atoms with E-state index in [0.29, 0.717) is 0 Å². The summed E-state index contributed by atoms with van der Waals surface area (Å²) < 4.78 is 0. The molecule has 0 N–H and O–H groups in total. The van der Waals surface area contributed by atoms with E-state index in [4.69, 9.17) is 0 Å². The van der Waals surface area contributed by atoms with Gasteiger partial charge in [-0.1, -0.05) is 6.07 Å². The molecule has 0 bridgehead atoms. The van der Waals surface area contributed by atoms with Gasteiger partial charge in [0, 0.05) is 66.5 Å². The third-order valence-corrected chi connectivity index (χ3v) is 12.4. The molecule has 0 atom stereocenters. The van der Waals surface area contributed by atoms with Crippen LogP contribution in [0.5, 0.6) is 0 Å². The summed E-state index contributed by atoms with van der Waals surface area (Å²) in [5, 5.41) is 2.78. The van der Waals surface area contributed by atoms with Crippen molar-refractivity contribution in [3.63, 3.8) is 0 Å². The molecule has 0 aromatic heterocycles. The predicted octanol–water partition coefficient (Wildman–Crippen LogP) is 8.11. The van der Waals surface area contributed by atoms with Crippen LogP contribution in [0.3, 0.4) is 0 Å². The van der Waals surface area contributed by atoms with Crippen LogP contribution in [0.25, 0.3) is 10.8 Å². The lowest BCUT2D eigenvalue weighted by atomic mass is 10.1. The van der Waals surface area contributed by atoms with Gasteiger partial charge in [0.1, 0.15) is 0 Å². The minimum absolute atomic E-state index is 0.962. The second kappa shape index (κ2) is 19.1. The molecule has 0 nitrogen and oxygen atoms in total. The first kappa shape index (κ1) is 29.1. The van der Waals surface area contributed by atoms with Crippen molar-refractivity contribution in [1.29, 1.82) is 0 Å². The van der Waals surface area contributed by atoms with Gasteiger partial charge >= 0.3 is 0 Å². The highest BCUT2D eigenvalue weighted by atomic mass is 32.2. The van der Waals surface area contributed by atoms with E-state index in [9.17, 15) is 0 Å². The maximum atomic E-state index is 4.32. The largest absolute Gasteiger partial charge is 0.179 e. The number of fused-ring (bicyclic) bond motifs is 1. The van der Waals surface area contributed by atoms with E-state index in [1.165, 1.54) is 42.7 Å². The molecule has 0 radical (unpaired) electrons. The molecule has 0 heterocycles. The lowest BCUT2D eigenvalue weighted by Crippen LogP contribution is -1.91.